The molecule has 0 N–H and O–H groups in total. The minimum absolute atomic E-state index is 0.164. The molecule has 2 heteroatoms. The molecule has 0 amide bonds. The van der Waals surface area contributed by atoms with Crippen LogP contribution in [0.1, 0.15) is 20.3 Å². The van der Waals surface area contributed by atoms with Crippen LogP contribution < -0.4 is 0 Å². The quantitative estimate of drug-likeness (QED) is 0.476. The van der Waals surface area contributed by atoms with Crippen LogP contribution in [0, 0.1) is 0 Å². The average molecular weight is 187 g/mol. The van der Waals surface area contributed by atoms with Crippen LogP contribution in [0.25, 0.3) is 0 Å². The lowest BCUT2D eigenvalue weighted by atomic mass is 10.0. The third-order valence-corrected chi connectivity index (χ3v) is 2.23. The van der Waals surface area contributed by atoms with E-state index in [1.165, 1.54) is 11.1 Å². The highest BCUT2D eigenvalue weighted by Crippen LogP contribution is 2.17. The second-order valence-corrected chi connectivity index (χ2v) is 3.47. The SMILES string of the molecule is CC1=CC(C(C)=CCCl)OCC1. The summed E-state index contributed by atoms with van der Waals surface area (Å²) in [7, 11) is 0. The van der Waals surface area contributed by atoms with Crippen molar-refractivity contribution >= 4 is 11.6 Å². The van der Waals surface area contributed by atoms with Crippen molar-refractivity contribution < 1.29 is 4.74 Å². The fraction of sp³-hybridized carbons (Fsp3) is 0.600. The van der Waals surface area contributed by atoms with Crippen molar-refractivity contribution in [1.29, 1.82) is 0 Å². The summed E-state index contributed by atoms with van der Waals surface area (Å²) < 4.78 is 5.56. The van der Waals surface area contributed by atoms with Crippen LogP contribution in [-0.2, 0) is 4.74 Å². The number of ether oxygens (including phenoxy) is 1. The summed E-state index contributed by atoms with van der Waals surface area (Å²) in [4.78, 5) is 0. The molecule has 0 fully saturated rings. The molecule has 0 aromatic carbocycles. The minimum Gasteiger partial charge on any atom is -0.369 e. The van der Waals surface area contributed by atoms with E-state index in [4.69, 9.17) is 16.3 Å². The van der Waals surface area contributed by atoms with Crippen molar-refractivity contribution in [1.82, 2.24) is 0 Å². The Kier molecular flexibility index (Phi) is 3.83. The molecule has 1 aliphatic heterocycles. The monoisotopic (exact) mass is 186 g/mol. The lowest BCUT2D eigenvalue weighted by Gasteiger charge is -2.21. The third kappa shape index (κ3) is 2.65. The second kappa shape index (κ2) is 4.68. The van der Waals surface area contributed by atoms with Gasteiger partial charge in [0.25, 0.3) is 0 Å². The Morgan fingerprint density at radius 2 is 2.58 bits per heavy atom. The predicted octanol–water partition coefficient (Wildman–Crippen LogP) is 2.91. The minimum atomic E-state index is 0.164. The first-order valence-corrected chi connectivity index (χ1v) is 4.79. The Hall–Kier alpha value is -0.270. The first-order chi connectivity index (χ1) is 5.74. The summed E-state index contributed by atoms with van der Waals surface area (Å²) >= 11 is 5.60. The van der Waals surface area contributed by atoms with Crippen LogP contribution in [0.5, 0.6) is 0 Å². The molecule has 0 aliphatic carbocycles. The van der Waals surface area contributed by atoms with E-state index < -0.39 is 0 Å². The maximum atomic E-state index is 5.60. The summed E-state index contributed by atoms with van der Waals surface area (Å²) in [6.45, 7) is 5.03. The van der Waals surface area contributed by atoms with Gasteiger partial charge in [-0.05, 0) is 25.8 Å². The van der Waals surface area contributed by atoms with E-state index in [0.717, 1.165) is 13.0 Å². The van der Waals surface area contributed by atoms with Crippen molar-refractivity contribution in [3.8, 4) is 0 Å². The van der Waals surface area contributed by atoms with E-state index in [0.29, 0.717) is 5.88 Å². The predicted molar refractivity (Wildman–Crippen MR) is 52.6 cm³/mol. The molecule has 1 rings (SSSR count). The Morgan fingerprint density at radius 3 is 3.17 bits per heavy atom. The molecular weight excluding hydrogens is 172 g/mol. The topological polar surface area (TPSA) is 9.23 Å². The van der Waals surface area contributed by atoms with E-state index in [9.17, 15) is 0 Å². The Labute approximate surface area is 79.1 Å². The summed E-state index contributed by atoms with van der Waals surface area (Å²) in [5.74, 6) is 0.568. The number of allylic oxidation sites excluding steroid dienone is 1. The first kappa shape index (κ1) is 9.82. The smallest absolute Gasteiger partial charge is 0.0967 e. The number of hydrogen-bond donors (Lipinski definition) is 0. The fourth-order valence-corrected chi connectivity index (χ4v) is 1.48. The molecule has 0 radical (unpaired) electrons. The van der Waals surface area contributed by atoms with Gasteiger partial charge in [-0.1, -0.05) is 17.7 Å². The maximum Gasteiger partial charge on any atom is 0.0967 e. The van der Waals surface area contributed by atoms with Crippen LogP contribution >= 0.6 is 11.6 Å². The van der Waals surface area contributed by atoms with Gasteiger partial charge in [0, 0.05) is 5.88 Å². The van der Waals surface area contributed by atoms with E-state index in [2.05, 4.69) is 19.9 Å². The van der Waals surface area contributed by atoms with Gasteiger partial charge in [-0.3, -0.25) is 0 Å². The first-order valence-electron chi connectivity index (χ1n) is 4.25. The Morgan fingerprint density at radius 1 is 1.83 bits per heavy atom. The van der Waals surface area contributed by atoms with Crippen LogP contribution in [-0.4, -0.2) is 18.6 Å². The highest BCUT2D eigenvalue weighted by Gasteiger charge is 2.12. The molecule has 1 heterocycles. The molecule has 1 unspecified atom stereocenters. The van der Waals surface area contributed by atoms with Crippen molar-refractivity contribution in [3.63, 3.8) is 0 Å². The molecule has 0 spiro atoms. The number of halogens is 1. The van der Waals surface area contributed by atoms with E-state index in [1.807, 2.05) is 6.08 Å². The molecule has 1 aliphatic rings. The molecular formula is C10H15ClO. The molecule has 12 heavy (non-hydrogen) atoms. The van der Waals surface area contributed by atoms with Crippen molar-refractivity contribution in [2.75, 3.05) is 12.5 Å². The Balaban J connectivity index is 2.63. The summed E-state index contributed by atoms with van der Waals surface area (Å²) in [6, 6.07) is 0. The number of rotatable bonds is 2. The van der Waals surface area contributed by atoms with Crippen molar-refractivity contribution in [2.45, 2.75) is 26.4 Å². The highest BCUT2D eigenvalue weighted by atomic mass is 35.5. The molecule has 1 nitrogen and oxygen atoms in total. The van der Waals surface area contributed by atoms with Gasteiger partial charge in [-0.25, -0.2) is 0 Å². The Bertz CT molecular complexity index is 206. The molecule has 0 saturated heterocycles. The van der Waals surface area contributed by atoms with Gasteiger partial charge in [0.05, 0.1) is 12.7 Å². The van der Waals surface area contributed by atoms with Crippen LogP contribution in [0.4, 0.5) is 0 Å². The lowest BCUT2D eigenvalue weighted by Crippen LogP contribution is -2.17. The van der Waals surface area contributed by atoms with Gasteiger partial charge in [0.2, 0.25) is 0 Å². The van der Waals surface area contributed by atoms with Gasteiger partial charge in [-0.2, -0.15) is 0 Å². The fourth-order valence-electron chi connectivity index (χ4n) is 1.24. The van der Waals surface area contributed by atoms with Gasteiger partial charge in [0.1, 0.15) is 0 Å². The lowest BCUT2D eigenvalue weighted by molar-refractivity contribution is 0.0996. The third-order valence-electron chi connectivity index (χ3n) is 2.08. The molecule has 0 aromatic rings. The number of hydrogen-bond acceptors (Lipinski definition) is 1. The zero-order chi connectivity index (χ0) is 8.97. The number of alkyl halides is 1. The van der Waals surface area contributed by atoms with Crippen molar-refractivity contribution in [3.05, 3.63) is 23.3 Å². The van der Waals surface area contributed by atoms with Crippen molar-refractivity contribution in [2.24, 2.45) is 0 Å². The second-order valence-electron chi connectivity index (χ2n) is 3.16. The van der Waals surface area contributed by atoms with E-state index >= 15 is 0 Å². The summed E-state index contributed by atoms with van der Waals surface area (Å²) in [5, 5.41) is 0. The van der Waals surface area contributed by atoms with E-state index in [-0.39, 0.29) is 6.10 Å². The van der Waals surface area contributed by atoms with Gasteiger partial charge in [-0.15, -0.1) is 11.6 Å². The zero-order valence-electron chi connectivity index (χ0n) is 7.64. The molecule has 0 aromatic heterocycles. The average Bonchev–Trinajstić information content (AvgIpc) is 2.05. The summed E-state index contributed by atoms with van der Waals surface area (Å²) in [5.41, 5.74) is 2.62. The van der Waals surface area contributed by atoms with Crippen LogP contribution in [0.15, 0.2) is 23.3 Å². The van der Waals surface area contributed by atoms with Gasteiger partial charge < -0.3 is 4.74 Å². The van der Waals surface area contributed by atoms with Crippen LogP contribution in [0.2, 0.25) is 0 Å². The standard InChI is InChI=1S/C10H15ClO/c1-8-4-6-12-10(7-8)9(2)3-5-11/h3,7,10H,4-6H2,1-2H3. The largest absolute Gasteiger partial charge is 0.369 e. The van der Waals surface area contributed by atoms with Gasteiger partial charge in [0.15, 0.2) is 0 Å². The summed E-state index contributed by atoms with van der Waals surface area (Å²) in [6.07, 6.45) is 5.39. The normalized spacial score (nSPS) is 25.4. The zero-order valence-corrected chi connectivity index (χ0v) is 8.40. The van der Waals surface area contributed by atoms with Gasteiger partial charge >= 0.3 is 0 Å². The molecule has 0 saturated carbocycles. The molecule has 1 atom stereocenters. The van der Waals surface area contributed by atoms with E-state index in [1.54, 1.807) is 0 Å². The highest BCUT2D eigenvalue weighted by molar-refractivity contribution is 6.18. The van der Waals surface area contributed by atoms with Crippen LogP contribution in [0.3, 0.4) is 0 Å². The molecule has 0 bridgehead atoms. The molecule has 68 valence electrons. The maximum absolute atomic E-state index is 5.60.